The van der Waals surface area contributed by atoms with E-state index in [1.165, 1.54) is 0 Å². The van der Waals surface area contributed by atoms with Crippen LogP contribution in [0.2, 0.25) is 0 Å². The van der Waals surface area contributed by atoms with Crippen LogP contribution in [0.15, 0.2) is 12.3 Å². The van der Waals surface area contributed by atoms with Crippen LogP contribution in [0.4, 0.5) is 22.0 Å². The maximum atomic E-state index is 12.2. The van der Waals surface area contributed by atoms with Gasteiger partial charge in [0.1, 0.15) is 0 Å². The maximum absolute atomic E-state index is 12.2. The molecule has 1 heterocycles. The molecular weight excluding hydrogens is 221 g/mol. The highest BCUT2D eigenvalue weighted by molar-refractivity contribution is 5.79. The van der Waals surface area contributed by atoms with E-state index in [1.54, 1.807) is 0 Å². The summed E-state index contributed by atoms with van der Waals surface area (Å²) in [5, 5.41) is 0. The van der Waals surface area contributed by atoms with E-state index in [-0.39, 0.29) is 6.29 Å². The minimum Gasteiger partial charge on any atom is -0.298 e. The summed E-state index contributed by atoms with van der Waals surface area (Å²) in [4.78, 5) is 13.2. The summed E-state index contributed by atoms with van der Waals surface area (Å²) in [7, 11) is 0. The van der Waals surface area contributed by atoms with Crippen LogP contribution in [-0.4, -0.2) is 11.3 Å². The van der Waals surface area contributed by atoms with Crippen molar-refractivity contribution >= 4 is 6.29 Å². The molecule has 0 unspecified atom stereocenters. The molecule has 82 valence electrons. The number of hydrogen-bond acceptors (Lipinski definition) is 2. The predicted molar refractivity (Wildman–Crippen MR) is 39.6 cm³/mol. The van der Waals surface area contributed by atoms with Crippen LogP contribution >= 0.6 is 0 Å². The summed E-state index contributed by atoms with van der Waals surface area (Å²) >= 11 is 0. The van der Waals surface area contributed by atoms with Gasteiger partial charge in [0.15, 0.2) is 12.0 Å². The standard InChI is InChI=1S/C8H4F5NO/c9-7(10)4-1-2-14-6(5(4)3-15)8(11,12)13/h1-3,7H. The molecule has 0 aliphatic carbocycles. The van der Waals surface area contributed by atoms with Gasteiger partial charge in [0.25, 0.3) is 6.43 Å². The lowest BCUT2D eigenvalue weighted by atomic mass is 10.1. The molecule has 2 nitrogen and oxygen atoms in total. The third kappa shape index (κ3) is 2.28. The first-order valence-corrected chi connectivity index (χ1v) is 3.67. The Hall–Kier alpha value is -1.53. The van der Waals surface area contributed by atoms with Gasteiger partial charge in [-0.2, -0.15) is 13.2 Å². The molecule has 0 saturated heterocycles. The molecule has 0 N–H and O–H groups in total. The molecule has 0 fully saturated rings. The molecule has 0 aliphatic heterocycles. The van der Waals surface area contributed by atoms with Crippen molar-refractivity contribution in [3.8, 4) is 0 Å². The van der Waals surface area contributed by atoms with Crippen LogP contribution in [0.5, 0.6) is 0 Å². The van der Waals surface area contributed by atoms with E-state index in [0.717, 1.165) is 0 Å². The van der Waals surface area contributed by atoms with E-state index in [9.17, 15) is 26.7 Å². The van der Waals surface area contributed by atoms with Crippen molar-refractivity contribution in [2.75, 3.05) is 0 Å². The maximum Gasteiger partial charge on any atom is 0.434 e. The summed E-state index contributed by atoms with van der Waals surface area (Å²) in [5.41, 5.74) is -3.66. The summed E-state index contributed by atoms with van der Waals surface area (Å²) in [6.07, 6.45) is -7.73. The van der Waals surface area contributed by atoms with Crippen LogP contribution in [-0.2, 0) is 6.18 Å². The summed E-state index contributed by atoms with van der Waals surface area (Å²) < 4.78 is 61.1. The quantitative estimate of drug-likeness (QED) is 0.572. The molecule has 0 saturated carbocycles. The molecule has 7 heteroatoms. The van der Waals surface area contributed by atoms with Crippen molar-refractivity contribution in [1.82, 2.24) is 4.98 Å². The van der Waals surface area contributed by atoms with Crippen molar-refractivity contribution < 1.29 is 26.7 Å². The number of hydrogen-bond donors (Lipinski definition) is 0. The molecule has 1 rings (SSSR count). The highest BCUT2D eigenvalue weighted by Crippen LogP contribution is 2.33. The summed E-state index contributed by atoms with van der Waals surface area (Å²) in [5.74, 6) is 0. The zero-order chi connectivity index (χ0) is 11.6. The van der Waals surface area contributed by atoms with Gasteiger partial charge in [0, 0.05) is 11.8 Å². The zero-order valence-electron chi connectivity index (χ0n) is 7.05. The first kappa shape index (κ1) is 11.5. The molecule has 1 aromatic heterocycles. The number of carbonyl (C=O) groups excluding carboxylic acids is 1. The number of alkyl halides is 5. The average Bonchev–Trinajstić information content (AvgIpc) is 2.15. The Morgan fingerprint density at radius 2 is 1.93 bits per heavy atom. The normalized spacial score (nSPS) is 11.9. The van der Waals surface area contributed by atoms with Gasteiger partial charge in [-0.1, -0.05) is 0 Å². The lowest BCUT2D eigenvalue weighted by Gasteiger charge is -2.10. The fourth-order valence-electron chi connectivity index (χ4n) is 1.03. The Labute approximate surface area is 80.7 Å². The van der Waals surface area contributed by atoms with E-state index in [4.69, 9.17) is 0 Å². The number of aromatic nitrogens is 1. The monoisotopic (exact) mass is 225 g/mol. The first-order chi connectivity index (χ1) is 6.88. The molecule has 0 amide bonds. The largest absolute Gasteiger partial charge is 0.434 e. The first-order valence-electron chi connectivity index (χ1n) is 3.67. The molecule has 0 atom stereocenters. The highest BCUT2D eigenvalue weighted by atomic mass is 19.4. The van der Waals surface area contributed by atoms with Crippen molar-refractivity contribution in [2.45, 2.75) is 12.6 Å². The molecule has 0 spiro atoms. The average molecular weight is 225 g/mol. The third-order valence-corrected chi connectivity index (χ3v) is 1.65. The smallest absolute Gasteiger partial charge is 0.298 e. The van der Waals surface area contributed by atoms with Crippen LogP contribution in [0.1, 0.15) is 28.0 Å². The zero-order valence-corrected chi connectivity index (χ0v) is 7.05. The number of rotatable bonds is 2. The predicted octanol–water partition coefficient (Wildman–Crippen LogP) is 2.85. The molecule has 1 aromatic rings. The van der Waals surface area contributed by atoms with E-state index in [0.29, 0.717) is 12.3 Å². The van der Waals surface area contributed by atoms with Crippen molar-refractivity contribution in [3.63, 3.8) is 0 Å². The summed E-state index contributed by atoms with van der Waals surface area (Å²) in [6, 6.07) is 0.684. The number of nitrogens with zero attached hydrogens (tertiary/aromatic N) is 1. The van der Waals surface area contributed by atoms with Crippen LogP contribution in [0.25, 0.3) is 0 Å². The van der Waals surface area contributed by atoms with Gasteiger partial charge in [0.2, 0.25) is 0 Å². The van der Waals surface area contributed by atoms with Gasteiger partial charge in [-0.15, -0.1) is 0 Å². The van der Waals surface area contributed by atoms with Gasteiger partial charge in [-0.3, -0.25) is 9.78 Å². The van der Waals surface area contributed by atoms with Crippen LogP contribution in [0.3, 0.4) is 0 Å². The van der Waals surface area contributed by atoms with Gasteiger partial charge in [-0.25, -0.2) is 8.78 Å². The highest BCUT2D eigenvalue weighted by Gasteiger charge is 2.37. The van der Waals surface area contributed by atoms with Crippen molar-refractivity contribution in [2.24, 2.45) is 0 Å². The SMILES string of the molecule is O=Cc1c(C(F)F)ccnc1C(F)(F)F. The molecule has 0 bridgehead atoms. The topological polar surface area (TPSA) is 30.0 Å². The lowest BCUT2D eigenvalue weighted by molar-refractivity contribution is -0.141. The van der Waals surface area contributed by atoms with E-state index in [2.05, 4.69) is 4.98 Å². The van der Waals surface area contributed by atoms with Crippen molar-refractivity contribution in [3.05, 3.63) is 29.1 Å². The fourth-order valence-corrected chi connectivity index (χ4v) is 1.03. The third-order valence-electron chi connectivity index (χ3n) is 1.65. The van der Waals surface area contributed by atoms with Crippen molar-refractivity contribution in [1.29, 1.82) is 0 Å². The molecule has 0 radical (unpaired) electrons. The lowest BCUT2D eigenvalue weighted by Crippen LogP contribution is -2.13. The number of aldehydes is 1. The fraction of sp³-hybridized carbons (Fsp3) is 0.250. The van der Waals surface area contributed by atoms with Gasteiger partial charge in [0.05, 0.1) is 5.56 Å². The van der Waals surface area contributed by atoms with E-state index < -0.39 is 29.4 Å². The van der Waals surface area contributed by atoms with Crippen LogP contribution in [0, 0.1) is 0 Å². The Bertz CT molecular complexity index is 374. The summed E-state index contributed by atoms with van der Waals surface area (Å²) in [6.45, 7) is 0. The Morgan fingerprint density at radius 3 is 2.33 bits per heavy atom. The Balaban J connectivity index is 3.42. The van der Waals surface area contributed by atoms with Gasteiger partial charge < -0.3 is 0 Å². The molecular formula is C8H4F5NO. The second-order valence-corrected chi connectivity index (χ2v) is 2.58. The minimum absolute atomic E-state index is 0.267. The van der Waals surface area contributed by atoms with Gasteiger partial charge >= 0.3 is 6.18 Å². The molecule has 0 aromatic carbocycles. The number of halogens is 5. The number of pyridine rings is 1. The molecule has 15 heavy (non-hydrogen) atoms. The second-order valence-electron chi connectivity index (χ2n) is 2.58. The van der Waals surface area contributed by atoms with E-state index >= 15 is 0 Å². The van der Waals surface area contributed by atoms with E-state index in [1.807, 2.05) is 0 Å². The van der Waals surface area contributed by atoms with Gasteiger partial charge in [-0.05, 0) is 6.07 Å². The number of carbonyl (C=O) groups is 1. The Morgan fingerprint density at radius 1 is 1.33 bits per heavy atom. The minimum atomic E-state index is -4.92. The second kappa shape index (κ2) is 3.92. The molecule has 0 aliphatic rings. The van der Waals surface area contributed by atoms with Crippen LogP contribution < -0.4 is 0 Å². The Kier molecular flexibility index (Phi) is 3.01.